The molecule has 0 aliphatic carbocycles. The van der Waals surface area contributed by atoms with E-state index in [1.807, 2.05) is 13.8 Å². The summed E-state index contributed by atoms with van der Waals surface area (Å²) in [7, 11) is -2.51. The van der Waals surface area contributed by atoms with Crippen LogP contribution in [0.2, 0.25) is 0 Å². The van der Waals surface area contributed by atoms with Crippen molar-refractivity contribution in [2.24, 2.45) is 11.1 Å². The molecule has 0 saturated heterocycles. The van der Waals surface area contributed by atoms with Crippen molar-refractivity contribution in [1.82, 2.24) is 9.62 Å². The van der Waals surface area contributed by atoms with E-state index in [-0.39, 0.29) is 12.5 Å². The van der Waals surface area contributed by atoms with Crippen molar-refractivity contribution in [3.63, 3.8) is 0 Å². The smallest absolute Gasteiger partial charge is 0.277 e. The van der Waals surface area contributed by atoms with Crippen LogP contribution < -0.4 is 10.5 Å². The Labute approximate surface area is 84.6 Å². The quantitative estimate of drug-likeness (QED) is 0.619. The molecule has 14 heavy (non-hydrogen) atoms. The van der Waals surface area contributed by atoms with E-state index in [2.05, 4.69) is 5.32 Å². The molecule has 0 atom stereocenters. The molecule has 0 unspecified atom stereocenters. The van der Waals surface area contributed by atoms with Gasteiger partial charge in [-0.25, -0.2) is 5.14 Å². The average molecular weight is 223 g/mol. The summed E-state index contributed by atoms with van der Waals surface area (Å²) in [4.78, 5) is 11.1. The van der Waals surface area contributed by atoms with Crippen molar-refractivity contribution in [3.05, 3.63) is 0 Å². The SMILES string of the molecule is CC(C)CNC(=O)CN(C)S(N)(=O)=O. The molecule has 0 aromatic heterocycles. The van der Waals surface area contributed by atoms with Gasteiger partial charge in [0.25, 0.3) is 10.2 Å². The fourth-order valence-corrected chi connectivity index (χ4v) is 0.963. The molecule has 0 saturated carbocycles. The number of carbonyl (C=O) groups is 1. The molecule has 0 radical (unpaired) electrons. The van der Waals surface area contributed by atoms with Crippen molar-refractivity contribution >= 4 is 16.1 Å². The highest BCUT2D eigenvalue weighted by atomic mass is 32.2. The fraction of sp³-hybridized carbons (Fsp3) is 0.857. The second-order valence-electron chi connectivity index (χ2n) is 3.50. The predicted molar refractivity (Wildman–Crippen MR) is 53.6 cm³/mol. The Morgan fingerprint density at radius 3 is 2.36 bits per heavy atom. The van der Waals surface area contributed by atoms with Gasteiger partial charge in [0, 0.05) is 13.6 Å². The number of rotatable bonds is 5. The molecule has 0 aromatic rings. The summed E-state index contributed by atoms with van der Waals surface area (Å²) >= 11 is 0. The van der Waals surface area contributed by atoms with Gasteiger partial charge in [0.2, 0.25) is 5.91 Å². The van der Waals surface area contributed by atoms with Crippen LogP contribution in [-0.2, 0) is 15.0 Å². The van der Waals surface area contributed by atoms with Crippen LogP contribution in [0.1, 0.15) is 13.8 Å². The van der Waals surface area contributed by atoms with Crippen LogP contribution in [0.4, 0.5) is 0 Å². The Morgan fingerprint density at radius 2 is 2.00 bits per heavy atom. The summed E-state index contributed by atoms with van der Waals surface area (Å²) in [6, 6.07) is 0. The lowest BCUT2D eigenvalue weighted by molar-refractivity contribution is -0.121. The Morgan fingerprint density at radius 1 is 1.50 bits per heavy atom. The third-order valence-electron chi connectivity index (χ3n) is 1.51. The van der Waals surface area contributed by atoms with E-state index in [0.717, 1.165) is 4.31 Å². The molecule has 0 fully saturated rings. The Bertz CT molecular complexity index is 287. The van der Waals surface area contributed by atoms with Crippen molar-refractivity contribution < 1.29 is 13.2 Å². The molecule has 0 aliphatic heterocycles. The van der Waals surface area contributed by atoms with Gasteiger partial charge in [-0.05, 0) is 5.92 Å². The highest BCUT2D eigenvalue weighted by molar-refractivity contribution is 7.86. The van der Waals surface area contributed by atoms with Gasteiger partial charge in [0.05, 0.1) is 6.54 Å². The zero-order valence-electron chi connectivity index (χ0n) is 8.65. The zero-order valence-corrected chi connectivity index (χ0v) is 9.47. The number of amides is 1. The summed E-state index contributed by atoms with van der Waals surface area (Å²) in [6.45, 7) is 4.18. The van der Waals surface area contributed by atoms with E-state index >= 15 is 0 Å². The van der Waals surface area contributed by atoms with Crippen molar-refractivity contribution in [2.75, 3.05) is 20.1 Å². The second-order valence-corrected chi connectivity index (χ2v) is 5.15. The van der Waals surface area contributed by atoms with Crippen LogP contribution in [0.5, 0.6) is 0 Å². The van der Waals surface area contributed by atoms with E-state index in [1.54, 1.807) is 0 Å². The molecule has 1 amide bonds. The lowest BCUT2D eigenvalue weighted by atomic mass is 10.2. The third-order valence-corrected chi connectivity index (χ3v) is 2.51. The van der Waals surface area contributed by atoms with Gasteiger partial charge in [-0.15, -0.1) is 0 Å². The number of nitrogens with two attached hydrogens (primary N) is 1. The minimum atomic E-state index is -3.76. The van der Waals surface area contributed by atoms with Crippen molar-refractivity contribution in [2.45, 2.75) is 13.8 Å². The minimum absolute atomic E-state index is 0.244. The van der Waals surface area contributed by atoms with E-state index in [1.165, 1.54) is 7.05 Å². The molecule has 0 bridgehead atoms. The highest BCUT2D eigenvalue weighted by Crippen LogP contribution is 1.90. The lowest BCUT2D eigenvalue weighted by Gasteiger charge is -2.13. The molecule has 7 heteroatoms. The Kier molecular flexibility index (Phi) is 5.03. The molecule has 0 spiro atoms. The molecule has 0 rings (SSSR count). The average Bonchev–Trinajstić information content (AvgIpc) is 1.99. The highest BCUT2D eigenvalue weighted by Gasteiger charge is 2.15. The normalized spacial score (nSPS) is 12.1. The van der Waals surface area contributed by atoms with Gasteiger partial charge in [-0.2, -0.15) is 12.7 Å². The van der Waals surface area contributed by atoms with Gasteiger partial charge in [-0.3, -0.25) is 4.79 Å². The van der Waals surface area contributed by atoms with Crippen LogP contribution in [0.25, 0.3) is 0 Å². The molecule has 6 nitrogen and oxygen atoms in total. The predicted octanol–water partition coefficient (Wildman–Crippen LogP) is -1.11. The number of likely N-dealkylation sites (N-methyl/N-ethyl adjacent to an activating group) is 1. The summed E-state index contributed by atoms with van der Waals surface area (Å²) in [6.07, 6.45) is 0. The number of hydrogen-bond donors (Lipinski definition) is 2. The van der Waals surface area contributed by atoms with Crippen LogP contribution in [0.3, 0.4) is 0 Å². The molecule has 0 heterocycles. The molecule has 0 aromatic carbocycles. The largest absolute Gasteiger partial charge is 0.355 e. The number of hydrogen-bond acceptors (Lipinski definition) is 3. The first-order valence-corrected chi connectivity index (χ1v) is 5.74. The van der Waals surface area contributed by atoms with Crippen LogP contribution in [-0.4, -0.2) is 38.8 Å². The molecular weight excluding hydrogens is 206 g/mol. The summed E-state index contributed by atoms with van der Waals surface area (Å²) in [5.74, 6) is -0.0195. The first-order valence-electron chi connectivity index (χ1n) is 4.24. The number of nitrogens with one attached hydrogen (secondary N) is 1. The Balaban J connectivity index is 3.96. The van der Waals surface area contributed by atoms with E-state index in [4.69, 9.17) is 5.14 Å². The summed E-state index contributed by atoms with van der Waals surface area (Å²) < 4.78 is 22.3. The van der Waals surface area contributed by atoms with Crippen LogP contribution in [0.15, 0.2) is 0 Å². The van der Waals surface area contributed by atoms with Gasteiger partial charge in [0.15, 0.2) is 0 Å². The van der Waals surface area contributed by atoms with E-state index in [0.29, 0.717) is 12.5 Å². The van der Waals surface area contributed by atoms with Gasteiger partial charge < -0.3 is 5.32 Å². The number of carbonyl (C=O) groups excluding carboxylic acids is 1. The van der Waals surface area contributed by atoms with Crippen LogP contribution >= 0.6 is 0 Å². The second kappa shape index (κ2) is 5.28. The van der Waals surface area contributed by atoms with Gasteiger partial charge >= 0.3 is 0 Å². The lowest BCUT2D eigenvalue weighted by Crippen LogP contribution is -2.42. The van der Waals surface area contributed by atoms with Gasteiger partial charge in [0.1, 0.15) is 0 Å². The zero-order chi connectivity index (χ0) is 11.4. The third kappa shape index (κ3) is 5.90. The molecule has 84 valence electrons. The first kappa shape index (κ1) is 13.3. The van der Waals surface area contributed by atoms with Crippen molar-refractivity contribution in [1.29, 1.82) is 0 Å². The first-order chi connectivity index (χ1) is 6.23. The minimum Gasteiger partial charge on any atom is -0.355 e. The maximum absolute atomic E-state index is 11.1. The Hall–Kier alpha value is -0.660. The fourth-order valence-electron chi connectivity index (χ4n) is 0.666. The molecular formula is C7H17N3O3S. The molecule has 3 N–H and O–H groups in total. The maximum atomic E-state index is 11.1. The summed E-state index contributed by atoms with van der Waals surface area (Å²) in [5, 5.41) is 7.39. The number of nitrogens with zero attached hydrogens (tertiary/aromatic N) is 1. The van der Waals surface area contributed by atoms with E-state index in [9.17, 15) is 13.2 Å². The van der Waals surface area contributed by atoms with E-state index < -0.39 is 10.2 Å². The standard InChI is InChI=1S/C7H17N3O3S/c1-6(2)4-9-7(11)5-10(3)14(8,12)13/h6H,4-5H2,1-3H3,(H,9,11)(H2,8,12,13). The maximum Gasteiger partial charge on any atom is 0.277 e. The van der Waals surface area contributed by atoms with Gasteiger partial charge in [-0.1, -0.05) is 13.8 Å². The van der Waals surface area contributed by atoms with Crippen molar-refractivity contribution in [3.8, 4) is 0 Å². The topological polar surface area (TPSA) is 92.5 Å². The monoisotopic (exact) mass is 223 g/mol. The summed E-state index contributed by atoms with van der Waals surface area (Å²) in [5.41, 5.74) is 0. The van der Waals surface area contributed by atoms with Crippen LogP contribution in [0, 0.1) is 5.92 Å². The molecule has 0 aliphatic rings.